The molecule has 0 aliphatic rings. The molecular weight excluding hydrogens is 226 g/mol. The highest BCUT2D eigenvalue weighted by atomic mass is 16.5. The number of hydrogen-bond donors (Lipinski definition) is 2. The van der Waals surface area contributed by atoms with Gasteiger partial charge in [-0.1, -0.05) is 6.07 Å². The normalized spacial score (nSPS) is 10.7. The molecule has 1 aromatic heterocycles. The summed E-state index contributed by atoms with van der Waals surface area (Å²) >= 11 is 0. The number of unbranched alkanes of at least 4 members (excludes halogenated alkanes) is 1. The van der Waals surface area contributed by atoms with Gasteiger partial charge in [-0.15, -0.1) is 0 Å². The van der Waals surface area contributed by atoms with Gasteiger partial charge in [-0.3, -0.25) is 0 Å². The first-order valence-electron chi connectivity index (χ1n) is 6.78. The maximum Gasteiger partial charge on any atom is 0.128 e. The van der Waals surface area contributed by atoms with Crippen LogP contribution in [0.3, 0.4) is 0 Å². The van der Waals surface area contributed by atoms with Gasteiger partial charge >= 0.3 is 0 Å². The van der Waals surface area contributed by atoms with Crippen molar-refractivity contribution in [1.82, 2.24) is 4.98 Å². The van der Waals surface area contributed by atoms with E-state index in [1.807, 2.05) is 18.2 Å². The first-order chi connectivity index (χ1) is 8.72. The van der Waals surface area contributed by atoms with Crippen LogP contribution < -0.4 is 10.6 Å². The maximum atomic E-state index is 5.49. The number of nitrogens with zero attached hydrogens (tertiary/aromatic N) is 1. The van der Waals surface area contributed by atoms with Gasteiger partial charge in [0.1, 0.15) is 11.6 Å². The predicted molar refractivity (Wildman–Crippen MR) is 77.2 cm³/mol. The Morgan fingerprint density at radius 2 is 1.89 bits per heavy atom. The van der Waals surface area contributed by atoms with E-state index in [9.17, 15) is 0 Å². The van der Waals surface area contributed by atoms with Crippen LogP contribution in [0.5, 0.6) is 0 Å². The second-order valence-corrected chi connectivity index (χ2v) is 4.49. The zero-order valence-corrected chi connectivity index (χ0v) is 11.7. The minimum absolute atomic E-state index is 0.330. The number of anilines is 2. The molecule has 0 aliphatic carbocycles. The van der Waals surface area contributed by atoms with E-state index in [-0.39, 0.29) is 0 Å². The van der Waals surface area contributed by atoms with Gasteiger partial charge in [0.2, 0.25) is 0 Å². The Labute approximate surface area is 110 Å². The van der Waals surface area contributed by atoms with Crippen LogP contribution in [-0.2, 0) is 4.74 Å². The Morgan fingerprint density at radius 1 is 1.17 bits per heavy atom. The highest BCUT2D eigenvalue weighted by Gasteiger charge is 1.97. The van der Waals surface area contributed by atoms with E-state index < -0.39 is 0 Å². The van der Waals surface area contributed by atoms with E-state index in [0.717, 1.165) is 44.2 Å². The molecule has 4 heteroatoms. The average Bonchev–Trinajstić information content (AvgIpc) is 2.34. The van der Waals surface area contributed by atoms with Crippen molar-refractivity contribution in [3.63, 3.8) is 0 Å². The molecule has 0 fully saturated rings. The molecule has 0 radical (unpaired) electrons. The van der Waals surface area contributed by atoms with Crippen molar-refractivity contribution in [1.29, 1.82) is 0 Å². The molecule has 0 spiro atoms. The standard InChI is InChI=1S/C14H25N3O/c1-4-15-13-8-7-9-14(17-13)16-10-5-6-11-18-12(2)3/h7-9,12H,4-6,10-11H2,1-3H3,(H2,15,16,17). The number of hydrogen-bond acceptors (Lipinski definition) is 4. The zero-order valence-electron chi connectivity index (χ0n) is 11.7. The van der Waals surface area contributed by atoms with Crippen molar-refractivity contribution in [2.24, 2.45) is 0 Å². The lowest BCUT2D eigenvalue weighted by Crippen LogP contribution is -2.08. The second-order valence-electron chi connectivity index (χ2n) is 4.49. The lowest BCUT2D eigenvalue weighted by Gasteiger charge is -2.09. The SMILES string of the molecule is CCNc1cccc(NCCCCOC(C)C)n1. The molecule has 1 aromatic rings. The average molecular weight is 251 g/mol. The minimum atomic E-state index is 0.330. The topological polar surface area (TPSA) is 46.2 Å². The van der Waals surface area contributed by atoms with E-state index in [1.165, 1.54) is 0 Å². The monoisotopic (exact) mass is 251 g/mol. The summed E-state index contributed by atoms with van der Waals surface area (Å²) in [5.41, 5.74) is 0. The van der Waals surface area contributed by atoms with Gasteiger partial charge in [0.15, 0.2) is 0 Å². The van der Waals surface area contributed by atoms with Crippen molar-refractivity contribution in [3.05, 3.63) is 18.2 Å². The van der Waals surface area contributed by atoms with E-state index in [1.54, 1.807) is 0 Å². The van der Waals surface area contributed by atoms with E-state index in [2.05, 4.69) is 36.4 Å². The summed E-state index contributed by atoms with van der Waals surface area (Å²) in [6.07, 6.45) is 2.51. The van der Waals surface area contributed by atoms with Crippen molar-refractivity contribution in [2.75, 3.05) is 30.3 Å². The van der Waals surface area contributed by atoms with Gasteiger partial charge in [-0.05, 0) is 45.7 Å². The highest BCUT2D eigenvalue weighted by Crippen LogP contribution is 2.08. The quantitative estimate of drug-likeness (QED) is 0.662. The Bertz CT molecular complexity index is 329. The molecular formula is C14H25N3O. The van der Waals surface area contributed by atoms with E-state index in [0.29, 0.717) is 6.10 Å². The Hall–Kier alpha value is -1.29. The van der Waals surface area contributed by atoms with Crippen molar-refractivity contribution in [2.45, 2.75) is 39.7 Å². The summed E-state index contributed by atoms with van der Waals surface area (Å²) in [6.45, 7) is 8.86. The third-order valence-electron chi connectivity index (χ3n) is 2.44. The van der Waals surface area contributed by atoms with Crippen LogP contribution >= 0.6 is 0 Å². The second kappa shape index (κ2) is 8.75. The molecule has 0 aromatic carbocycles. The number of rotatable bonds is 9. The van der Waals surface area contributed by atoms with Gasteiger partial charge < -0.3 is 15.4 Å². The third-order valence-corrected chi connectivity index (χ3v) is 2.44. The van der Waals surface area contributed by atoms with Crippen molar-refractivity contribution < 1.29 is 4.74 Å². The number of pyridine rings is 1. The molecule has 0 atom stereocenters. The maximum absolute atomic E-state index is 5.49. The van der Waals surface area contributed by atoms with Crippen LogP contribution in [0.15, 0.2) is 18.2 Å². The predicted octanol–water partition coefficient (Wildman–Crippen LogP) is 3.13. The number of nitrogens with one attached hydrogen (secondary N) is 2. The highest BCUT2D eigenvalue weighted by molar-refractivity contribution is 5.44. The van der Waals surface area contributed by atoms with Gasteiger partial charge in [0.05, 0.1) is 6.10 Å². The Kier molecular flexibility index (Phi) is 7.18. The fourth-order valence-electron chi connectivity index (χ4n) is 1.58. The molecule has 0 saturated carbocycles. The van der Waals surface area contributed by atoms with Gasteiger partial charge in [0.25, 0.3) is 0 Å². The van der Waals surface area contributed by atoms with Crippen LogP contribution in [0.4, 0.5) is 11.6 Å². The fraction of sp³-hybridized carbons (Fsp3) is 0.643. The summed E-state index contributed by atoms with van der Waals surface area (Å²) < 4.78 is 5.49. The molecule has 4 nitrogen and oxygen atoms in total. The van der Waals surface area contributed by atoms with Crippen LogP contribution in [0, 0.1) is 0 Å². The first kappa shape index (κ1) is 14.8. The molecule has 0 amide bonds. The van der Waals surface area contributed by atoms with Gasteiger partial charge in [-0.2, -0.15) is 0 Å². The van der Waals surface area contributed by atoms with Crippen molar-refractivity contribution in [3.8, 4) is 0 Å². The summed E-state index contributed by atoms with van der Waals surface area (Å²) in [4.78, 5) is 4.46. The first-order valence-corrected chi connectivity index (χ1v) is 6.78. The molecule has 0 bridgehead atoms. The Morgan fingerprint density at radius 3 is 2.56 bits per heavy atom. The van der Waals surface area contributed by atoms with Crippen LogP contribution in [-0.4, -0.2) is 30.8 Å². The summed E-state index contributed by atoms with van der Waals surface area (Å²) in [7, 11) is 0. The molecule has 1 heterocycles. The largest absolute Gasteiger partial charge is 0.379 e. The molecule has 1 rings (SSSR count). The lowest BCUT2D eigenvalue weighted by atomic mass is 10.3. The van der Waals surface area contributed by atoms with Gasteiger partial charge in [0, 0.05) is 19.7 Å². The Balaban J connectivity index is 2.16. The zero-order chi connectivity index (χ0) is 13.2. The summed E-state index contributed by atoms with van der Waals surface area (Å²) in [5.74, 6) is 1.85. The van der Waals surface area contributed by atoms with Crippen molar-refractivity contribution >= 4 is 11.6 Å². The fourth-order valence-corrected chi connectivity index (χ4v) is 1.58. The number of aromatic nitrogens is 1. The molecule has 0 aliphatic heterocycles. The van der Waals surface area contributed by atoms with Crippen LogP contribution in [0.1, 0.15) is 33.6 Å². The lowest BCUT2D eigenvalue weighted by molar-refractivity contribution is 0.0765. The van der Waals surface area contributed by atoms with E-state index >= 15 is 0 Å². The van der Waals surface area contributed by atoms with Crippen LogP contribution in [0.2, 0.25) is 0 Å². The summed E-state index contributed by atoms with van der Waals surface area (Å²) in [6, 6.07) is 5.98. The van der Waals surface area contributed by atoms with Gasteiger partial charge in [-0.25, -0.2) is 4.98 Å². The molecule has 2 N–H and O–H groups in total. The van der Waals surface area contributed by atoms with E-state index in [4.69, 9.17) is 4.74 Å². The smallest absolute Gasteiger partial charge is 0.128 e. The molecule has 102 valence electrons. The molecule has 0 unspecified atom stereocenters. The minimum Gasteiger partial charge on any atom is -0.379 e. The molecule has 18 heavy (non-hydrogen) atoms. The summed E-state index contributed by atoms with van der Waals surface area (Å²) in [5, 5.41) is 6.52. The third kappa shape index (κ3) is 6.45. The van der Waals surface area contributed by atoms with Crippen LogP contribution in [0.25, 0.3) is 0 Å². The number of ether oxygens (including phenoxy) is 1. The molecule has 0 saturated heterocycles.